The maximum atomic E-state index is 12.8. The van der Waals surface area contributed by atoms with Crippen LogP contribution in [0.1, 0.15) is 19.2 Å². The molecule has 0 spiro atoms. The quantitative estimate of drug-likeness (QED) is 0.365. The zero-order chi connectivity index (χ0) is 20.8. The lowest BCUT2D eigenvalue weighted by Crippen LogP contribution is -2.32. The summed E-state index contributed by atoms with van der Waals surface area (Å²) in [6.07, 6.45) is 2.49. The van der Waals surface area contributed by atoms with Gasteiger partial charge in [-0.25, -0.2) is 9.67 Å². The van der Waals surface area contributed by atoms with Crippen molar-refractivity contribution in [3.05, 3.63) is 60.1 Å². The van der Waals surface area contributed by atoms with Gasteiger partial charge in [-0.15, -0.1) is 26.6 Å². The van der Waals surface area contributed by atoms with Crippen molar-refractivity contribution >= 4 is 29.0 Å². The topological polar surface area (TPSA) is 89.9 Å². The number of hydrogen-bond donors (Lipinski definition) is 0. The van der Waals surface area contributed by atoms with Crippen LogP contribution in [-0.4, -0.2) is 48.1 Å². The van der Waals surface area contributed by atoms with E-state index in [2.05, 4.69) is 20.3 Å². The molecule has 0 atom stereocenters. The van der Waals surface area contributed by atoms with E-state index in [1.807, 2.05) is 54.8 Å². The SMILES string of the molecule is CCCN(Cc1nnc(-c2cccs2)o1)C(=O)CSc1ncn(-c2ccccc2)n1. The van der Waals surface area contributed by atoms with Gasteiger partial charge in [0.05, 0.1) is 22.9 Å². The molecule has 0 N–H and O–H groups in total. The molecule has 0 aliphatic heterocycles. The molecule has 0 unspecified atom stereocenters. The van der Waals surface area contributed by atoms with Crippen LogP contribution in [0.15, 0.2) is 63.7 Å². The van der Waals surface area contributed by atoms with E-state index in [4.69, 9.17) is 4.42 Å². The fourth-order valence-electron chi connectivity index (χ4n) is 2.78. The molecule has 4 aromatic rings. The van der Waals surface area contributed by atoms with E-state index in [1.54, 1.807) is 15.9 Å². The highest BCUT2D eigenvalue weighted by atomic mass is 32.2. The number of rotatable bonds is 9. The molecule has 30 heavy (non-hydrogen) atoms. The van der Waals surface area contributed by atoms with Gasteiger partial charge in [0, 0.05) is 6.54 Å². The van der Waals surface area contributed by atoms with Crippen LogP contribution >= 0.6 is 23.1 Å². The summed E-state index contributed by atoms with van der Waals surface area (Å²) in [6, 6.07) is 13.6. The third-order valence-corrected chi connectivity index (χ3v) is 5.88. The van der Waals surface area contributed by atoms with Crippen LogP contribution in [0.5, 0.6) is 0 Å². The highest BCUT2D eigenvalue weighted by Gasteiger charge is 2.18. The van der Waals surface area contributed by atoms with E-state index in [9.17, 15) is 4.79 Å². The van der Waals surface area contributed by atoms with Gasteiger partial charge in [0.25, 0.3) is 5.89 Å². The molecular formula is C20H20N6O2S2. The Morgan fingerprint density at radius 1 is 1.20 bits per heavy atom. The van der Waals surface area contributed by atoms with Gasteiger partial charge in [0.15, 0.2) is 0 Å². The van der Waals surface area contributed by atoms with Gasteiger partial charge in [-0.1, -0.05) is 43.0 Å². The largest absolute Gasteiger partial charge is 0.418 e. The predicted octanol–water partition coefficient (Wildman–Crippen LogP) is 3.91. The number of benzene rings is 1. The third kappa shape index (κ3) is 4.95. The van der Waals surface area contributed by atoms with Crippen molar-refractivity contribution in [2.75, 3.05) is 12.3 Å². The second-order valence-corrected chi connectivity index (χ2v) is 8.28. The molecule has 10 heteroatoms. The summed E-state index contributed by atoms with van der Waals surface area (Å²) < 4.78 is 7.43. The fourth-order valence-corrected chi connectivity index (χ4v) is 4.13. The van der Waals surface area contributed by atoms with E-state index >= 15 is 0 Å². The Morgan fingerprint density at radius 2 is 2.07 bits per heavy atom. The molecule has 8 nitrogen and oxygen atoms in total. The second-order valence-electron chi connectivity index (χ2n) is 6.39. The van der Waals surface area contributed by atoms with E-state index in [0.717, 1.165) is 17.0 Å². The third-order valence-electron chi connectivity index (χ3n) is 4.19. The number of aromatic nitrogens is 5. The molecule has 1 amide bonds. The highest BCUT2D eigenvalue weighted by molar-refractivity contribution is 7.99. The Bertz CT molecular complexity index is 1080. The maximum absolute atomic E-state index is 12.8. The van der Waals surface area contributed by atoms with Gasteiger partial charge < -0.3 is 9.32 Å². The Morgan fingerprint density at radius 3 is 2.83 bits per heavy atom. The number of nitrogens with zero attached hydrogens (tertiary/aromatic N) is 6. The number of para-hydroxylation sites is 1. The Balaban J connectivity index is 1.36. The first-order chi connectivity index (χ1) is 14.7. The normalized spacial score (nSPS) is 11.0. The average Bonchev–Trinajstić information content (AvgIpc) is 3.54. The molecule has 0 fully saturated rings. The van der Waals surface area contributed by atoms with Crippen LogP contribution < -0.4 is 0 Å². The molecule has 3 heterocycles. The minimum atomic E-state index is -0.0196. The number of thiophene rings is 1. The molecule has 1 aromatic carbocycles. The summed E-state index contributed by atoms with van der Waals surface area (Å²) in [5, 5.41) is 15.1. The van der Waals surface area contributed by atoms with Gasteiger partial charge in [-0.05, 0) is 30.0 Å². The molecular weight excluding hydrogens is 420 g/mol. The first-order valence-electron chi connectivity index (χ1n) is 9.47. The van der Waals surface area contributed by atoms with Gasteiger partial charge in [0.1, 0.15) is 6.33 Å². The van der Waals surface area contributed by atoms with Crippen molar-refractivity contribution in [2.45, 2.75) is 25.0 Å². The van der Waals surface area contributed by atoms with Crippen LogP contribution in [0.2, 0.25) is 0 Å². The average molecular weight is 441 g/mol. The second kappa shape index (κ2) is 9.68. The summed E-state index contributed by atoms with van der Waals surface area (Å²) >= 11 is 2.85. The smallest absolute Gasteiger partial charge is 0.257 e. The van der Waals surface area contributed by atoms with E-state index < -0.39 is 0 Å². The fraction of sp³-hybridized carbons (Fsp3) is 0.250. The first kappa shape index (κ1) is 20.3. The van der Waals surface area contributed by atoms with E-state index in [-0.39, 0.29) is 18.2 Å². The van der Waals surface area contributed by atoms with Crippen LogP contribution in [0.25, 0.3) is 16.5 Å². The van der Waals surface area contributed by atoms with Crippen LogP contribution in [0.3, 0.4) is 0 Å². The number of hydrogen-bond acceptors (Lipinski definition) is 8. The molecule has 0 aliphatic rings. The van der Waals surface area contributed by atoms with E-state index in [1.165, 1.54) is 23.1 Å². The molecule has 0 saturated heterocycles. The summed E-state index contributed by atoms with van der Waals surface area (Å²) in [6.45, 7) is 2.93. The van der Waals surface area contributed by atoms with Gasteiger partial charge >= 0.3 is 0 Å². The van der Waals surface area contributed by atoms with Crippen molar-refractivity contribution in [2.24, 2.45) is 0 Å². The summed E-state index contributed by atoms with van der Waals surface area (Å²) in [5.41, 5.74) is 0.925. The molecule has 154 valence electrons. The van der Waals surface area contributed by atoms with Crippen LogP contribution in [0, 0.1) is 0 Å². The number of thioether (sulfide) groups is 1. The first-order valence-corrected chi connectivity index (χ1v) is 11.3. The monoisotopic (exact) mass is 440 g/mol. The lowest BCUT2D eigenvalue weighted by atomic mass is 10.3. The Labute approximate surface area is 182 Å². The van der Waals surface area contributed by atoms with Crippen LogP contribution in [0.4, 0.5) is 0 Å². The van der Waals surface area contributed by atoms with Crippen molar-refractivity contribution in [1.29, 1.82) is 0 Å². The van der Waals surface area contributed by atoms with Crippen molar-refractivity contribution in [3.63, 3.8) is 0 Å². The summed E-state index contributed by atoms with van der Waals surface area (Å²) in [5.74, 6) is 1.13. The van der Waals surface area contributed by atoms with Crippen LogP contribution in [-0.2, 0) is 11.3 Å². The van der Waals surface area contributed by atoms with Crippen molar-refractivity contribution in [1.82, 2.24) is 29.9 Å². The number of carbonyl (C=O) groups excluding carboxylic acids is 1. The highest BCUT2D eigenvalue weighted by Crippen LogP contribution is 2.23. The summed E-state index contributed by atoms with van der Waals surface area (Å²) in [7, 11) is 0. The molecule has 3 aromatic heterocycles. The molecule has 0 bridgehead atoms. The zero-order valence-corrected chi connectivity index (χ0v) is 18.0. The number of carbonyl (C=O) groups is 1. The lowest BCUT2D eigenvalue weighted by molar-refractivity contribution is -0.129. The van der Waals surface area contributed by atoms with Crippen molar-refractivity contribution in [3.8, 4) is 16.5 Å². The standard InChI is InChI=1S/C20H20N6O2S2/c1-2-10-25(12-17-22-23-19(28-17)16-9-6-11-29-16)18(27)13-30-20-21-14-26(24-20)15-7-4-3-5-8-15/h3-9,11,14H,2,10,12-13H2,1H3. The molecule has 0 radical (unpaired) electrons. The summed E-state index contributed by atoms with van der Waals surface area (Å²) in [4.78, 5) is 19.7. The maximum Gasteiger partial charge on any atom is 0.257 e. The predicted molar refractivity (Wildman–Crippen MR) is 115 cm³/mol. The van der Waals surface area contributed by atoms with Gasteiger partial charge in [-0.2, -0.15) is 0 Å². The van der Waals surface area contributed by atoms with Gasteiger partial charge in [-0.3, -0.25) is 4.79 Å². The molecule has 0 aliphatic carbocycles. The van der Waals surface area contributed by atoms with E-state index in [0.29, 0.717) is 23.5 Å². The Hall–Kier alpha value is -2.98. The van der Waals surface area contributed by atoms with Crippen molar-refractivity contribution < 1.29 is 9.21 Å². The zero-order valence-electron chi connectivity index (χ0n) is 16.3. The lowest BCUT2D eigenvalue weighted by Gasteiger charge is -2.19. The minimum Gasteiger partial charge on any atom is -0.418 e. The minimum absolute atomic E-state index is 0.0196. The molecule has 0 saturated carbocycles. The van der Waals surface area contributed by atoms with Gasteiger partial charge in [0.2, 0.25) is 17.0 Å². The Kier molecular flexibility index (Phi) is 6.55. The number of amides is 1. The molecule has 4 rings (SSSR count).